The average molecular weight is 377 g/mol. The molecule has 0 spiro atoms. The molecule has 2 aromatic carbocycles. The van der Waals surface area contributed by atoms with Crippen LogP contribution in [0.5, 0.6) is 0 Å². The van der Waals surface area contributed by atoms with Crippen LogP contribution in [0.15, 0.2) is 48.7 Å². The van der Waals surface area contributed by atoms with Crippen LogP contribution < -0.4 is 0 Å². The summed E-state index contributed by atoms with van der Waals surface area (Å²) in [4.78, 5) is 20.6. The molecule has 1 fully saturated rings. The number of aryl methyl sites for hydroxylation is 1. The highest BCUT2D eigenvalue weighted by atomic mass is 16.4. The average Bonchev–Trinajstić information content (AvgIpc) is 2.68. The summed E-state index contributed by atoms with van der Waals surface area (Å²) in [5.74, 6) is -0.833. The number of rotatable bonds is 3. The SMILES string of the molecule is CC(=O)O.Cc1cnc2cc(-c3cccc(CN4CCCCC4)c3)ccc2n1. The molecule has 0 atom stereocenters. The van der Waals surface area contributed by atoms with E-state index in [9.17, 15) is 0 Å². The van der Waals surface area contributed by atoms with Gasteiger partial charge in [-0.3, -0.25) is 14.7 Å². The molecule has 1 aliphatic rings. The first-order valence-electron chi connectivity index (χ1n) is 9.76. The maximum Gasteiger partial charge on any atom is 0.300 e. The second kappa shape index (κ2) is 9.42. The van der Waals surface area contributed by atoms with Crippen LogP contribution in [0.3, 0.4) is 0 Å². The maximum absolute atomic E-state index is 9.00. The van der Waals surface area contributed by atoms with E-state index in [-0.39, 0.29) is 0 Å². The van der Waals surface area contributed by atoms with Crippen LogP contribution >= 0.6 is 0 Å². The Bertz CT molecular complexity index is 945. The quantitative estimate of drug-likeness (QED) is 0.718. The molecule has 0 amide bonds. The van der Waals surface area contributed by atoms with E-state index in [1.807, 2.05) is 13.1 Å². The van der Waals surface area contributed by atoms with Crippen molar-refractivity contribution in [2.75, 3.05) is 13.1 Å². The van der Waals surface area contributed by atoms with E-state index in [2.05, 4.69) is 57.3 Å². The Balaban J connectivity index is 0.000000516. The summed E-state index contributed by atoms with van der Waals surface area (Å²) in [7, 11) is 0. The Morgan fingerprint density at radius 3 is 2.50 bits per heavy atom. The summed E-state index contributed by atoms with van der Waals surface area (Å²) in [6.45, 7) is 6.58. The molecule has 0 aliphatic carbocycles. The minimum atomic E-state index is -0.833. The monoisotopic (exact) mass is 377 g/mol. The zero-order valence-corrected chi connectivity index (χ0v) is 16.6. The van der Waals surface area contributed by atoms with Crippen LogP contribution in [0.4, 0.5) is 0 Å². The van der Waals surface area contributed by atoms with Crippen molar-refractivity contribution in [3.05, 3.63) is 59.9 Å². The summed E-state index contributed by atoms with van der Waals surface area (Å²) in [5.41, 5.74) is 6.74. The van der Waals surface area contributed by atoms with Crippen molar-refractivity contribution in [3.63, 3.8) is 0 Å². The predicted octanol–water partition coefficient (Wildman–Crippen LogP) is 4.68. The number of carbonyl (C=O) groups is 1. The molecule has 146 valence electrons. The summed E-state index contributed by atoms with van der Waals surface area (Å²) in [6.07, 6.45) is 5.89. The number of fused-ring (bicyclic) bond motifs is 1. The lowest BCUT2D eigenvalue weighted by Crippen LogP contribution is -2.29. The highest BCUT2D eigenvalue weighted by Crippen LogP contribution is 2.24. The van der Waals surface area contributed by atoms with E-state index in [1.165, 1.54) is 49.0 Å². The number of hydrogen-bond donors (Lipinski definition) is 1. The molecule has 28 heavy (non-hydrogen) atoms. The third-order valence-electron chi connectivity index (χ3n) is 4.78. The fourth-order valence-electron chi connectivity index (χ4n) is 3.51. The van der Waals surface area contributed by atoms with Crippen molar-refractivity contribution >= 4 is 17.0 Å². The van der Waals surface area contributed by atoms with Crippen LogP contribution in [0, 0.1) is 6.92 Å². The smallest absolute Gasteiger partial charge is 0.300 e. The molecule has 0 bridgehead atoms. The number of hydrogen-bond acceptors (Lipinski definition) is 4. The molecule has 5 heteroatoms. The van der Waals surface area contributed by atoms with E-state index in [4.69, 9.17) is 9.90 Å². The largest absolute Gasteiger partial charge is 0.481 e. The Hall–Kier alpha value is -2.79. The third kappa shape index (κ3) is 5.60. The van der Waals surface area contributed by atoms with Crippen molar-refractivity contribution in [2.45, 2.75) is 39.7 Å². The molecule has 1 N–H and O–H groups in total. The molecule has 0 radical (unpaired) electrons. The number of carboxylic acids is 1. The van der Waals surface area contributed by atoms with E-state index in [0.717, 1.165) is 30.2 Å². The molecule has 3 aromatic rings. The van der Waals surface area contributed by atoms with Crippen LogP contribution in [-0.4, -0.2) is 39.0 Å². The summed E-state index contributed by atoms with van der Waals surface area (Å²) >= 11 is 0. The van der Waals surface area contributed by atoms with Gasteiger partial charge in [0.25, 0.3) is 5.97 Å². The number of piperidine rings is 1. The summed E-state index contributed by atoms with van der Waals surface area (Å²) < 4.78 is 0. The minimum absolute atomic E-state index is 0.833. The summed E-state index contributed by atoms with van der Waals surface area (Å²) in [6, 6.07) is 15.3. The number of aliphatic carboxylic acids is 1. The van der Waals surface area contributed by atoms with Crippen LogP contribution in [0.2, 0.25) is 0 Å². The molecule has 5 nitrogen and oxygen atoms in total. The molecule has 1 aliphatic heterocycles. The second-order valence-corrected chi connectivity index (χ2v) is 7.27. The molecule has 1 aromatic heterocycles. The molecule has 1 saturated heterocycles. The number of nitrogens with zero attached hydrogens (tertiary/aromatic N) is 3. The van der Waals surface area contributed by atoms with Gasteiger partial charge in [0, 0.05) is 19.7 Å². The van der Waals surface area contributed by atoms with Gasteiger partial charge in [0.2, 0.25) is 0 Å². The van der Waals surface area contributed by atoms with Crippen molar-refractivity contribution in [3.8, 4) is 11.1 Å². The van der Waals surface area contributed by atoms with Crippen LogP contribution in [0.1, 0.15) is 37.4 Å². The van der Waals surface area contributed by atoms with Crippen molar-refractivity contribution < 1.29 is 9.90 Å². The highest BCUT2D eigenvalue weighted by molar-refractivity contribution is 5.81. The van der Waals surface area contributed by atoms with Gasteiger partial charge in [-0.2, -0.15) is 0 Å². The lowest BCUT2D eigenvalue weighted by atomic mass is 10.0. The minimum Gasteiger partial charge on any atom is -0.481 e. The molecule has 2 heterocycles. The molecular weight excluding hydrogens is 350 g/mol. The topological polar surface area (TPSA) is 66.3 Å². The Labute approximate surface area is 166 Å². The van der Waals surface area contributed by atoms with Gasteiger partial charge in [-0.25, -0.2) is 4.98 Å². The van der Waals surface area contributed by atoms with Gasteiger partial charge in [0.15, 0.2) is 0 Å². The zero-order chi connectivity index (χ0) is 19.9. The maximum atomic E-state index is 9.00. The molecule has 0 unspecified atom stereocenters. The first kappa shape index (κ1) is 20.0. The highest BCUT2D eigenvalue weighted by Gasteiger charge is 2.11. The van der Waals surface area contributed by atoms with Gasteiger partial charge in [-0.1, -0.05) is 30.7 Å². The number of likely N-dealkylation sites (tertiary alicyclic amines) is 1. The van der Waals surface area contributed by atoms with Gasteiger partial charge >= 0.3 is 0 Å². The second-order valence-electron chi connectivity index (χ2n) is 7.27. The normalized spacial score (nSPS) is 14.4. The third-order valence-corrected chi connectivity index (χ3v) is 4.78. The summed E-state index contributed by atoms with van der Waals surface area (Å²) in [5, 5.41) is 7.42. The Morgan fingerprint density at radius 2 is 1.75 bits per heavy atom. The van der Waals surface area contributed by atoms with Gasteiger partial charge in [0.1, 0.15) is 0 Å². The molecule has 4 rings (SSSR count). The van der Waals surface area contributed by atoms with Gasteiger partial charge in [-0.15, -0.1) is 0 Å². The molecule has 0 saturated carbocycles. The van der Waals surface area contributed by atoms with E-state index < -0.39 is 5.97 Å². The van der Waals surface area contributed by atoms with Crippen molar-refractivity contribution in [2.24, 2.45) is 0 Å². The Morgan fingerprint density at radius 1 is 1.04 bits per heavy atom. The van der Waals surface area contributed by atoms with Crippen LogP contribution in [-0.2, 0) is 11.3 Å². The van der Waals surface area contributed by atoms with E-state index in [0.29, 0.717) is 0 Å². The van der Waals surface area contributed by atoms with Crippen molar-refractivity contribution in [1.82, 2.24) is 14.9 Å². The fourth-order valence-corrected chi connectivity index (χ4v) is 3.51. The van der Waals surface area contributed by atoms with E-state index >= 15 is 0 Å². The predicted molar refractivity (Wildman–Crippen MR) is 112 cm³/mol. The zero-order valence-electron chi connectivity index (χ0n) is 16.6. The Kier molecular flexibility index (Phi) is 6.71. The lowest BCUT2D eigenvalue weighted by Gasteiger charge is -2.26. The first-order valence-corrected chi connectivity index (χ1v) is 9.76. The first-order chi connectivity index (χ1) is 13.5. The number of carboxylic acid groups (broad SMARTS) is 1. The standard InChI is InChI=1S/C21H23N3.C2H4O2/c1-16-14-22-21-13-19(8-9-20(21)23-16)18-7-5-6-17(12-18)15-24-10-3-2-4-11-24;1-2(3)4/h5-9,12-14H,2-4,10-11,15H2,1H3;1H3,(H,3,4). The number of benzene rings is 2. The van der Waals surface area contributed by atoms with Gasteiger partial charge < -0.3 is 5.11 Å². The van der Waals surface area contributed by atoms with Crippen molar-refractivity contribution in [1.29, 1.82) is 0 Å². The van der Waals surface area contributed by atoms with E-state index in [1.54, 1.807) is 0 Å². The molecular formula is C23H27N3O2. The van der Waals surface area contributed by atoms with Gasteiger partial charge in [-0.05, 0) is 67.7 Å². The fraction of sp³-hybridized carbons (Fsp3) is 0.348. The number of aromatic nitrogens is 2. The lowest BCUT2D eigenvalue weighted by molar-refractivity contribution is -0.134. The van der Waals surface area contributed by atoms with Crippen LogP contribution in [0.25, 0.3) is 22.2 Å². The van der Waals surface area contributed by atoms with Gasteiger partial charge in [0.05, 0.1) is 16.7 Å².